The highest BCUT2D eigenvalue weighted by atomic mass is 19.2. The Morgan fingerprint density at radius 1 is 1.35 bits per heavy atom. The summed E-state index contributed by atoms with van der Waals surface area (Å²) >= 11 is 0. The van der Waals surface area contributed by atoms with E-state index in [0.717, 1.165) is 12.1 Å². The van der Waals surface area contributed by atoms with Crippen LogP contribution in [0.5, 0.6) is 5.75 Å². The van der Waals surface area contributed by atoms with E-state index in [1.807, 2.05) is 0 Å². The Morgan fingerprint density at radius 3 is 2.70 bits per heavy atom. The Bertz CT molecular complexity index is 628. The van der Waals surface area contributed by atoms with Crippen LogP contribution in [0, 0.1) is 11.6 Å². The number of halogens is 2. The second-order valence-corrected chi connectivity index (χ2v) is 4.20. The van der Waals surface area contributed by atoms with Crippen LogP contribution >= 0.6 is 0 Å². The number of benzene rings is 1. The van der Waals surface area contributed by atoms with E-state index in [2.05, 4.69) is 10.4 Å². The number of hydrogen-bond donors (Lipinski definition) is 1. The molecule has 1 atom stereocenters. The van der Waals surface area contributed by atoms with Crippen LogP contribution in [0.25, 0.3) is 0 Å². The summed E-state index contributed by atoms with van der Waals surface area (Å²) in [5, 5.41) is 6.53. The topological polar surface area (TPSA) is 56.1 Å². The first-order chi connectivity index (χ1) is 9.45. The van der Waals surface area contributed by atoms with Crippen molar-refractivity contribution in [1.82, 2.24) is 9.78 Å². The third kappa shape index (κ3) is 3.31. The molecule has 0 saturated carbocycles. The lowest BCUT2D eigenvalue weighted by atomic mass is 10.3. The molecule has 1 heterocycles. The molecule has 0 fully saturated rings. The summed E-state index contributed by atoms with van der Waals surface area (Å²) in [5.41, 5.74) is 0. The number of amides is 1. The monoisotopic (exact) mass is 281 g/mol. The molecular formula is C13H13F2N3O2. The molecule has 0 spiro atoms. The fraction of sp³-hybridized carbons (Fsp3) is 0.231. The zero-order valence-corrected chi connectivity index (χ0v) is 10.9. The number of rotatable bonds is 4. The van der Waals surface area contributed by atoms with E-state index in [4.69, 9.17) is 4.74 Å². The van der Waals surface area contributed by atoms with Crippen LogP contribution in [0.15, 0.2) is 30.5 Å². The normalized spacial score (nSPS) is 12.0. The average Bonchev–Trinajstić information content (AvgIpc) is 2.79. The van der Waals surface area contributed by atoms with Crippen molar-refractivity contribution in [3.8, 4) is 5.75 Å². The molecule has 2 rings (SSSR count). The van der Waals surface area contributed by atoms with Gasteiger partial charge in [0.15, 0.2) is 23.6 Å². The molecule has 2 aromatic rings. The number of anilines is 1. The van der Waals surface area contributed by atoms with E-state index >= 15 is 0 Å². The molecule has 0 aliphatic carbocycles. The fourth-order valence-corrected chi connectivity index (χ4v) is 1.52. The van der Waals surface area contributed by atoms with Gasteiger partial charge in [-0.25, -0.2) is 8.78 Å². The summed E-state index contributed by atoms with van der Waals surface area (Å²) in [7, 11) is 1.72. The summed E-state index contributed by atoms with van der Waals surface area (Å²) < 4.78 is 32.6. The van der Waals surface area contributed by atoms with Crippen molar-refractivity contribution >= 4 is 11.7 Å². The van der Waals surface area contributed by atoms with Gasteiger partial charge in [-0.15, -0.1) is 0 Å². The van der Waals surface area contributed by atoms with Crippen LogP contribution in [0.3, 0.4) is 0 Å². The maximum Gasteiger partial charge on any atom is 0.266 e. The molecule has 0 saturated heterocycles. The molecule has 106 valence electrons. The lowest BCUT2D eigenvalue weighted by Gasteiger charge is -2.13. The van der Waals surface area contributed by atoms with Crippen LogP contribution in [0.4, 0.5) is 14.6 Å². The van der Waals surface area contributed by atoms with Gasteiger partial charge in [0.1, 0.15) is 5.75 Å². The van der Waals surface area contributed by atoms with Gasteiger partial charge < -0.3 is 10.1 Å². The molecule has 1 aromatic carbocycles. The predicted octanol–water partition coefficient (Wildman–Crippen LogP) is 2.10. The van der Waals surface area contributed by atoms with Gasteiger partial charge in [-0.3, -0.25) is 9.48 Å². The van der Waals surface area contributed by atoms with Crippen molar-refractivity contribution in [3.05, 3.63) is 42.1 Å². The van der Waals surface area contributed by atoms with Gasteiger partial charge in [0.05, 0.1) is 0 Å². The molecular weight excluding hydrogens is 268 g/mol. The maximum atomic E-state index is 13.0. The first kappa shape index (κ1) is 14.0. The SMILES string of the molecule is C[C@H](Oc1ccc(F)c(F)c1)C(=O)Nc1ccn(C)n1. The van der Waals surface area contributed by atoms with Gasteiger partial charge in [0, 0.05) is 25.4 Å². The Balaban J connectivity index is 1.98. The van der Waals surface area contributed by atoms with Crippen molar-refractivity contribution < 1.29 is 18.3 Å². The van der Waals surface area contributed by atoms with E-state index in [-0.39, 0.29) is 5.75 Å². The fourth-order valence-electron chi connectivity index (χ4n) is 1.52. The number of aryl methyl sites for hydroxylation is 1. The molecule has 0 bridgehead atoms. The van der Waals surface area contributed by atoms with E-state index in [9.17, 15) is 13.6 Å². The van der Waals surface area contributed by atoms with E-state index in [1.165, 1.54) is 17.7 Å². The quantitative estimate of drug-likeness (QED) is 0.933. The van der Waals surface area contributed by atoms with Crippen LogP contribution in [-0.4, -0.2) is 21.8 Å². The molecule has 7 heteroatoms. The number of nitrogens with one attached hydrogen (secondary N) is 1. The molecule has 1 aromatic heterocycles. The van der Waals surface area contributed by atoms with Gasteiger partial charge in [0.25, 0.3) is 5.91 Å². The largest absolute Gasteiger partial charge is 0.481 e. The first-order valence-corrected chi connectivity index (χ1v) is 5.88. The summed E-state index contributed by atoms with van der Waals surface area (Å²) in [6.07, 6.45) is 0.804. The molecule has 20 heavy (non-hydrogen) atoms. The van der Waals surface area contributed by atoms with Crippen molar-refractivity contribution in [2.24, 2.45) is 7.05 Å². The lowest BCUT2D eigenvalue weighted by molar-refractivity contribution is -0.122. The molecule has 0 unspecified atom stereocenters. The number of nitrogens with zero attached hydrogens (tertiary/aromatic N) is 2. The molecule has 5 nitrogen and oxygen atoms in total. The van der Waals surface area contributed by atoms with Crippen LogP contribution in [0.1, 0.15) is 6.92 Å². The van der Waals surface area contributed by atoms with Crippen LogP contribution in [0.2, 0.25) is 0 Å². The highest BCUT2D eigenvalue weighted by Crippen LogP contribution is 2.17. The number of carbonyl (C=O) groups is 1. The molecule has 0 radical (unpaired) electrons. The van der Waals surface area contributed by atoms with E-state index in [0.29, 0.717) is 5.82 Å². The van der Waals surface area contributed by atoms with Crippen LogP contribution in [-0.2, 0) is 11.8 Å². The third-order valence-corrected chi connectivity index (χ3v) is 2.54. The van der Waals surface area contributed by atoms with Crippen LogP contribution < -0.4 is 10.1 Å². The summed E-state index contributed by atoms with van der Waals surface area (Å²) in [5.74, 6) is -1.97. The Labute approximate surface area is 114 Å². The van der Waals surface area contributed by atoms with Gasteiger partial charge in [-0.2, -0.15) is 5.10 Å². The van der Waals surface area contributed by atoms with Crippen molar-refractivity contribution in [2.75, 3.05) is 5.32 Å². The second kappa shape index (κ2) is 5.68. The number of ether oxygens (including phenoxy) is 1. The maximum absolute atomic E-state index is 13.0. The van der Waals surface area contributed by atoms with Crippen molar-refractivity contribution in [2.45, 2.75) is 13.0 Å². The summed E-state index contributed by atoms with van der Waals surface area (Å²) in [4.78, 5) is 11.8. The minimum Gasteiger partial charge on any atom is -0.481 e. The Hall–Kier alpha value is -2.44. The number of aromatic nitrogens is 2. The Kier molecular flexibility index (Phi) is 3.97. The highest BCUT2D eigenvalue weighted by Gasteiger charge is 2.16. The summed E-state index contributed by atoms with van der Waals surface area (Å²) in [6.45, 7) is 1.50. The van der Waals surface area contributed by atoms with Gasteiger partial charge in [0.2, 0.25) is 0 Å². The highest BCUT2D eigenvalue weighted by molar-refractivity contribution is 5.93. The Morgan fingerprint density at radius 2 is 2.10 bits per heavy atom. The first-order valence-electron chi connectivity index (χ1n) is 5.88. The van der Waals surface area contributed by atoms with Crippen molar-refractivity contribution in [1.29, 1.82) is 0 Å². The van der Waals surface area contributed by atoms with Crippen molar-refractivity contribution in [3.63, 3.8) is 0 Å². The van der Waals surface area contributed by atoms with Gasteiger partial charge in [-0.1, -0.05) is 0 Å². The second-order valence-electron chi connectivity index (χ2n) is 4.20. The third-order valence-electron chi connectivity index (χ3n) is 2.54. The number of hydrogen-bond acceptors (Lipinski definition) is 3. The van der Waals surface area contributed by atoms with E-state index in [1.54, 1.807) is 19.3 Å². The average molecular weight is 281 g/mol. The molecule has 1 N–H and O–H groups in total. The minimum atomic E-state index is -1.03. The molecule has 0 aliphatic heterocycles. The molecule has 0 aliphatic rings. The zero-order chi connectivity index (χ0) is 14.7. The van der Waals surface area contributed by atoms with Gasteiger partial charge >= 0.3 is 0 Å². The zero-order valence-electron chi connectivity index (χ0n) is 10.9. The van der Waals surface area contributed by atoms with E-state index < -0.39 is 23.6 Å². The summed E-state index contributed by atoms with van der Waals surface area (Å²) in [6, 6.07) is 4.71. The molecule has 1 amide bonds. The number of carbonyl (C=O) groups excluding carboxylic acids is 1. The lowest BCUT2D eigenvalue weighted by Crippen LogP contribution is -2.30. The smallest absolute Gasteiger partial charge is 0.266 e. The van der Waals surface area contributed by atoms with Gasteiger partial charge in [-0.05, 0) is 19.1 Å². The minimum absolute atomic E-state index is 0.0765. The predicted molar refractivity (Wildman–Crippen MR) is 68.3 cm³/mol. The standard InChI is InChI=1S/C13H13F2N3O2/c1-8(13(19)16-12-5-6-18(2)17-12)20-9-3-4-10(14)11(15)7-9/h3-8H,1-2H3,(H,16,17,19)/t8-/m0/s1.